The monoisotopic (exact) mass is 290 g/mol. The maximum atomic E-state index is 10.0. The van der Waals surface area contributed by atoms with Crippen LogP contribution in [0.4, 0.5) is 0 Å². The van der Waals surface area contributed by atoms with E-state index in [0.29, 0.717) is 13.1 Å². The Labute approximate surface area is 125 Å². The van der Waals surface area contributed by atoms with E-state index in [1.807, 2.05) is 56.1 Å². The number of nitrogens with zero attached hydrogens (tertiary/aromatic N) is 2. The van der Waals surface area contributed by atoms with Crippen molar-refractivity contribution in [2.45, 2.75) is 26.5 Å². The summed E-state index contributed by atoms with van der Waals surface area (Å²) in [5, 5.41) is 14.0. The molecule has 1 N–H and O–H groups in total. The van der Waals surface area contributed by atoms with Crippen molar-refractivity contribution in [1.29, 1.82) is 0 Å². The zero-order chi connectivity index (χ0) is 15.2. The van der Waals surface area contributed by atoms with E-state index < -0.39 is 6.10 Å². The van der Waals surface area contributed by atoms with E-state index in [0.717, 1.165) is 22.8 Å². The summed E-state index contributed by atoms with van der Waals surface area (Å²) in [5.74, 6) is 1.60. The van der Waals surface area contributed by atoms with Gasteiger partial charge >= 0.3 is 0 Å². The van der Waals surface area contributed by atoms with Crippen LogP contribution in [0.15, 0.2) is 34.9 Å². The molecule has 21 heavy (non-hydrogen) atoms. The predicted octanol–water partition coefficient (Wildman–Crippen LogP) is 2.16. The van der Waals surface area contributed by atoms with Crippen LogP contribution in [0.5, 0.6) is 5.75 Å². The summed E-state index contributed by atoms with van der Waals surface area (Å²) in [4.78, 5) is 1.99. The third kappa shape index (κ3) is 4.88. The molecule has 0 bridgehead atoms. The van der Waals surface area contributed by atoms with E-state index in [-0.39, 0.29) is 6.61 Å². The van der Waals surface area contributed by atoms with Crippen LogP contribution in [-0.4, -0.2) is 41.5 Å². The molecule has 0 fully saturated rings. The van der Waals surface area contributed by atoms with Gasteiger partial charge in [-0.25, -0.2) is 0 Å². The highest BCUT2D eigenvalue weighted by atomic mass is 16.5. The van der Waals surface area contributed by atoms with Gasteiger partial charge in [-0.1, -0.05) is 23.4 Å². The predicted molar refractivity (Wildman–Crippen MR) is 80.3 cm³/mol. The van der Waals surface area contributed by atoms with Crippen LogP contribution in [0.2, 0.25) is 0 Å². The fourth-order valence-corrected chi connectivity index (χ4v) is 2.15. The van der Waals surface area contributed by atoms with Crippen LogP contribution >= 0.6 is 0 Å². The summed E-state index contributed by atoms with van der Waals surface area (Å²) in [7, 11) is 1.93. The topological polar surface area (TPSA) is 58.7 Å². The first kappa shape index (κ1) is 15.5. The van der Waals surface area contributed by atoms with E-state index in [9.17, 15) is 5.11 Å². The zero-order valence-corrected chi connectivity index (χ0v) is 12.7. The molecule has 0 saturated carbocycles. The van der Waals surface area contributed by atoms with Crippen molar-refractivity contribution in [3.05, 3.63) is 47.3 Å². The van der Waals surface area contributed by atoms with Crippen LogP contribution < -0.4 is 4.74 Å². The fraction of sp³-hybridized carbons (Fsp3) is 0.438. The lowest BCUT2D eigenvalue weighted by molar-refractivity contribution is 0.0735. The van der Waals surface area contributed by atoms with Gasteiger partial charge in [0, 0.05) is 19.2 Å². The highest BCUT2D eigenvalue weighted by molar-refractivity contribution is 5.31. The minimum atomic E-state index is -0.553. The number of aryl methyl sites for hydroxylation is 2. The first-order valence-corrected chi connectivity index (χ1v) is 7.02. The van der Waals surface area contributed by atoms with Crippen molar-refractivity contribution in [1.82, 2.24) is 10.1 Å². The number of aliphatic hydroxyl groups excluding tert-OH is 1. The first-order valence-electron chi connectivity index (χ1n) is 7.02. The Morgan fingerprint density at radius 3 is 2.76 bits per heavy atom. The van der Waals surface area contributed by atoms with E-state index in [2.05, 4.69) is 5.16 Å². The molecule has 1 heterocycles. The van der Waals surface area contributed by atoms with E-state index in [4.69, 9.17) is 9.26 Å². The summed E-state index contributed by atoms with van der Waals surface area (Å²) in [6.45, 7) is 5.27. The highest BCUT2D eigenvalue weighted by Crippen LogP contribution is 2.16. The average Bonchev–Trinajstić information content (AvgIpc) is 2.83. The fourth-order valence-electron chi connectivity index (χ4n) is 2.15. The average molecular weight is 290 g/mol. The van der Waals surface area contributed by atoms with Crippen molar-refractivity contribution in [2.75, 3.05) is 20.2 Å². The molecule has 1 aromatic carbocycles. The van der Waals surface area contributed by atoms with Gasteiger partial charge < -0.3 is 14.4 Å². The number of rotatable bonds is 7. The van der Waals surface area contributed by atoms with Gasteiger partial charge in [0.25, 0.3) is 0 Å². The largest absolute Gasteiger partial charge is 0.491 e. The molecule has 0 radical (unpaired) electrons. The molecular weight excluding hydrogens is 268 g/mol. The lowest BCUT2D eigenvalue weighted by Gasteiger charge is -2.20. The minimum absolute atomic E-state index is 0.271. The van der Waals surface area contributed by atoms with Gasteiger partial charge in [0.1, 0.15) is 24.2 Å². The molecule has 2 aromatic rings. The number of hydrogen-bond donors (Lipinski definition) is 1. The number of para-hydroxylation sites is 1. The Morgan fingerprint density at radius 2 is 2.10 bits per heavy atom. The van der Waals surface area contributed by atoms with Gasteiger partial charge in [-0.05, 0) is 32.5 Å². The SMILES string of the molecule is Cc1cc(CN(C)CC(O)COc2ccccc2C)no1. The lowest BCUT2D eigenvalue weighted by Crippen LogP contribution is -2.32. The molecule has 1 atom stereocenters. The third-order valence-electron chi connectivity index (χ3n) is 3.16. The van der Waals surface area contributed by atoms with E-state index >= 15 is 0 Å². The van der Waals surface area contributed by atoms with Crippen LogP contribution in [0.3, 0.4) is 0 Å². The highest BCUT2D eigenvalue weighted by Gasteiger charge is 2.12. The zero-order valence-electron chi connectivity index (χ0n) is 12.7. The number of aromatic nitrogens is 1. The van der Waals surface area contributed by atoms with Crippen molar-refractivity contribution in [3.63, 3.8) is 0 Å². The Morgan fingerprint density at radius 1 is 1.33 bits per heavy atom. The summed E-state index contributed by atoms with van der Waals surface area (Å²) >= 11 is 0. The summed E-state index contributed by atoms with van der Waals surface area (Å²) in [6.07, 6.45) is -0.553. The molecule has 0 spiro atoms. The van der Waals surface area contributed by atoms with Gasteiger partial charge in [-0.3, -0.25) is 4.90 Å². The number of aliphatic hydroxyl groups is 1. The van der Waals surface area contributed by atoms with E-state index in [1.165, 1.54) is 0 Å². The van der Waals surface area contributed by atoms with Gasteiger partial charge in [-0.2, -0.15) is 0 Å². The molecule has 1 aromatic heterocycles. The molecular formula is C16H22N2O3. The Balaban J connectivity index is 1.76. The van der Waals surface area contributed by atoms with Crippen molar-refractivity contribution in [3.8, 4) is 5.75 Å². The maximum Gasteiger partial charge on any atom is 0.133 e. The van der Waals surface area contributed by atoms with Gasteiger partial charge in [0.05, 0.1) is 5.69 Å². The summed E-state index contributed by atoms with van der Waals surface area (Å²) < 4.78 is 10.7. The quantitative estimate of drug-likeness (QED) is 0.847. The molecule has 2 rings (SSSR count). The lowest BCUT2D eigenvalue weighted by atomic mass is 10.2. The second-order valence-electron chi connectivity index (χ2n) is 5.36. The third-order valence-corrected chi connectivity index (χ3v) is 3.16. The molecule has 5 heteroatoms. The molecule has 0 amide bonds. The Bertz CT molecular complexity index is 568. The first-order chi connectivity index (χ1) is 10.0. The summed E-state index contributed by atoms with van der Waals surface area (Å²) in [6, 6.07) is 9.68. The molecule has 0 aliphatic carbocycles. The number of benzene rings is 1. The van der Waals surface area contributed by atoms with Crippen LogP contribution in [-0.2, 0) is 6.54 Å². The van der Waals surface area contributed by atoms with Crippen molar-refractivity contribution in [2.24, 2.45) is 0 Å². The van der Waals surface area contributed by atoms with Crippen molar-refractivity contribution < 1.29 is 14.4 Å². The molecule has 114 valence electrons. The second kappa shape index (κ2) is 7.24. The maximum absolute atomic E-state index is 10.0. The molecule has 0 aliphatic heterocycles. The molecule has 1 unspecified atom stereocenters. The van der Waals surface area contributed by atoms with Crippen LogP contribution in [0.1, 0.15) is 17.0 Å². The Kier molecular flexibility index (Phi) is 5.36. The normalized spacial score (nSPS) is 12.6. The number of hydrogen-bond acceptors (Lipinski definition) is 5. The smallest absolute Gasteiger partial charge is 0.133 e. The van der Waals surface area contributed by atoms with Crippen LogP contribution in [0, 0.1) is 13.8 Å². The molecule has 5 nitrogen and oxygen atoms in total. The number of ether oxygens (including phenoxy) is 1. The molecule has 0 saturated heterocycles. The van der Waals surface area contributed by atoms with Crippen molar-refractivity contribution >= 4 is 0 Å². The minimum Gasteiger partial charge on any atom is -0.491 e. The number of likely N-dealkylation sites (N-methyl/N-ethyl adjacent to an activating group) is 1. The standard InChI is InChI=1S/C16H22N2O3/c1-12-6-4-5-7-16(12)20-11-15(19)10-18(3)9-14-8-13(2)21-17-14/h4-8,15,19H,9-11H2,1-3H3. The van der Waals surface area contributed by atoms with Gasteiger partial charge in [-0.15, -0.1) is 0 Å². The van der Waals surface area contributed by atoms with Gasteiger partial charge in [0.15, 0.2) is 0 Å². The van der Waals surface area contributed by atoms with E-state index in [1.54, 1.807) is 0 Å². The van der Waals surface area contributed by atoms with Gasteiger partial charge in [0.2, 0.25) is 0 Å². The summed E-state index contributed by atoms with van der Waals surface area (Å²) in [5.41, 5.74) is 1.93. The second-order valence-corrected chi connectivity index (χ2v) is 5.36. The Hall–Kier alpha value is -1.85. The molecule has 0 aliphatic rings. The van der Waals surface area contributed by atoms with Crippen LogP contribution in [0.25, 0.3) is 0 Å².